The van der Waals surface area contributed by atoms with Crippen molar-refractivity contribution >= 4 is 5.78 Å². The Bertz CT molecular complexity index is 425. The summed E-state index contributed by atoms with van der Waals surface area (Å²) in [6, 6.07) is 5.64. The van der Waals surface area contributed by atoms with E-state index >= 15 is 0 Å². The fraction of sp³-hybridized carbons (Fsp3) is 0.417. The number of carbonyl (C=O) groups is 1. The van der Waals surface area contributed by atoms with E-state index in [9.17, 15) is 4.79 Å². The second-order valence-corrected chi connectivity index (χ2v) is 4.03. The fourth-order valence-electron chi connectivity index (χ4n) is 1.98. The molecule has 0 aromatic heterocycles. The highest BCUT2D eigenvalue weighted by Gasteiger charge is 2.37. The van der Waals surface area contributed by atoms with Crippen LogP contribution in [-0.4, -0.2) is 18.2 Å². The molecular weight excluding hydrogens is 192 g/mol. The molecule has 1 aromatic rings. The third-order valence-corrected chi connectivity index (χ3v) is 2.93. The number of benzene rings is 1. The first kappa shape index (κ1) is 8.92. The molecule has 0 N–H and O–H groups in total. The SMILES string of the molecule is CC1OC1Oc1cccc2c1CCC2=O. The van der Waals surface area contributed by atoms with Crippen LogP contribution in [0.15, 0.2) is 18.2 Å². The summed E-state index contributed by atoms with van der Waals surface area (Å²) in [7, 11) is 0. The lowest BCUT2D eigenvalue weighted by Crippen LogP contribution is -2.03. The molecule has 2 aliphatic rings. The Kier molecular flexibility index (Phi) is 1.83. The molecular formula is C12H12O3. The number of ketones is 1. The molecule has 0 spiro atoms. The normalized spacial score (nSPS) is 27.7. The van der Waals surface area contributed by atoms with E-state index in [1.807, 2.05) is 25.1 Å². The van der Waals surface area contributed by atoms with Crippen LogP contribution in [0.25, 0.3) is 0 Å². The van der Waals surface area contributed by atoms with E-state index in [1.54, 1.807) is 0 Å². The predicted octanol–water partition coefficient (Wildman–Crippen LogP) is 1.94. The molecule has 0 bridgehead atoms. The van der Waals surface area contributed by atoms with Crippen LogP contribution in [0.5, 0.6) is 5.75 Å². The predicted molar refractivity (Wildman–Crippen MR) is 54.1 cm³/mol. The molecule has 78 valence electrons. The largest absolute Gasteiger partial charge is 0.462 e. The van der Waals surface area contributed by atoms with E-state index in [2.05, 4.69) is 0 Å². The molecule has 2 unspecified atom stereocenters. The smallest absolute Gasteiger partial charge is 0.226 e. The summed E-state index contributed by atoms with van der Waals surface area (Å²) in [5.41, 5.74) is 1.87. The molecule has 3 rings (SSSR count). The molecule has 1 saturated heterocycles. The second kappa shape index (κ2) is 3.07. The molecule has 1 aliphatic heterocycles. The Morgan fingerprint density at radius 2 is 2.20 bits per heavy atom. The number of rotatable bonds is 2. The molecule has 0 saturated carbocycles. The Hall–Kier alpha value is -1.35. The topological polar surface area (TPSA) is 38.8 Å². The number of ether oxygens (including phenoxy) is 2. The van der Waals surface area contributed by atoms with Gasteiger partial charge >= 0.3 is 0 Å². The van der Waals surface area contributed by atoms with Crippen molar-refractivity contribution < 1.29 is 14.3 Å². The van der Waals surface area contributed by atoms with E-state index in [0.29, 0.717) is 6.42 Å². The van der Waals surface area contributed by atoms with Gasteiger partial charge in [0.25, 0.3) is 0 Å². The highest BCUT2D eigenvalue weighted by atomic mass is 16.8. The third-order valence-electron chi connectivity index (χ3n) is 2.93. The van der Waals surface area contributed by atoms with Crippen molar-refractivity contribution in [3.63, 3.8) is 0 Å². The maximum atomic E-state index is 11.5. The lowest BCUT2D eigenvalue weighted by Gasteiger charge is -2.07. The molecule has 2 atom stereocenters. The van der Waals surface area contributed by atoms with Gasteiger partial charge in [0, 0.05) is 17.5 Å². The highest BCUT2D eigenvalue weighted by molar-refractivity contribution is 6.01. The summed E-state index contributed by atoms with van der Waals surface area (Å²) < 4.78 is 10.9. The van der Waals surface area contributed by atoms with Crippen LogP contribution < -0.4 is 4.74 Å². The van der Waals surface area contributed by atoms with Gasteiger partial charge in [0.05, 0.1) is 0 Å². The van der Waals surface area contributed by atoms with Crippen molar-refractivity contribution in [2.75, 3.05) is 0 Å². The van der Waals surface area contributed by atoms with Crippen LogP contribution in [0.1, 0.15) is 29.3 Å². The molecule has 1 heterocycles. The molecule has 1 fully saturated rings. The van der Waals surface area contributed by atoms with Crippen LogP contribution in [0.2, 0.25) is 0 Å². The van der Waals surface area contributed by atoms with Crippen LogP contribution in [0, 0.1) is 0 Å². The zero-order valence-corrected chi connectivity index (χ0v) is 8.53. The van der Waals surface area contributed by atoms with Crippen molar-refractivity contribution in [1.29, 1.82) is 0 Å². The minimum Gasteiger partial charge on any atom is -0.462 e. The molecule has 1 aliphatic carbocycles. The summed E-state index contributed by atoms with van der Waals surface area (Å²) in [5, 5.41) is 0. The average molecular weight is 204 g/mol. The first-order chi connectivity index (χ1) is 7.25. The molecule has 3 nitrogen and oxygen atoms in total. The molecule has 15 heavy (non-hydrogen) atoms. The standard InChI is InChI=1S/C12H12O3/c1-7-12(14-7)15-11-4-2-3-8-9(11)5-6-10(8)13/h2-4,7,12H,5-6H2,1H3. The Labute approximate surface area is 88.0 Å². The molecule has 0 amide bonds. The van der Waals surface area contributed by atoms with Gasteiger partial charge < -0.3 is 9.47 Å². The maximum absolute atomic E-state index is 11.5. The van der Waals surface area contributed by atoms with Crippen molar-refractivity contribution in [3.8, 4) is 5.75 Å². The number of hydrogen-bond donors (Lipinski definition) is 0. The molecule has 1 aromatic carbocycles. The van der Waals surface area contributed by atoms with E-state index in [4.69, 9.17) is 9.47 Å². The lowest BCUT2D eigenvalue weighted by molar-refractivity contribution is 0.0994. The maximum Gasteiger partial charge on any atom is 0.226 e. The van der Waals surface area contributed by atoms with Gasteiger partial charge in [0.1, 0.15) is 11.9 Å². The van der Waals surface area contributed by atoms with Crippen LogP contribution in [-0.2, 0) is 11.2 Å². The first-order valence-corrected chi connectivity index (χ1v) is 5.23. The van der Waals surface area contributed by atoms with E-state index in [0.717, 1.165) is 23.3 Å². The quantitative estimate of drug-likeness (QED) is 0.691. The van der Waals surface area contributed by atoms with Crippen molar-refractivity contribution in [3.05, 3.63) is 29.3 Å². The van der Waals surface area contributed by atoms with Gasteiger partial charge in [-0.1, -0.05) is 12.1 Å². The van der Waals surface area contributed by atoms with Gasteiger partial charge in [-0.2, -0.15) is 0 Å². The van der Waals surface area contributed by atoms with E-state index in [1.165, 1.54) is 0 Å². The monoisotopic (exact) mass is 204 g/mol. The third kappa shape index (κ3) is 1.43. The number of epoxide rings is 1. The fourth-order valence-corrected chi connectivity index (χ4v) is 1.98. The zero-order valence-electron chi connectivity index (χ0n) is 8.53. The van der Waals surface area contributed by atoms with Gasteiger partial charge in [0.2, 0.25) is 6.29 Å². The van der Waals surface area contributed by atoms with E-state index < -0.39 is 0 Å². The Balaban J connectivity index is 1.92. The molecule has 0 radical (unpaired) electrons. The first-order valence-electron chi connectivity index (χ1n) is 5.23. The van der Waals surface area contributed by atoms with Crippen molar-refractivity contribution in [2.24, 2.45) is 0 Å². The van der Waals surface area contributed by atoms with Gasteiger partial charge in [-0.25, -0.2) is 0 Å². The van der Waals surface area contributed by atoms with Gasteiger partial charge in [0.15, 0.2) is 5.78 Å². The average Bonchev–Trinajstić information content (AvgIpc) is 2.77. The summed E-state index contributed by atoms with van der Waals surface area (Å²) in [5.74, 6) is 1.04. The van der Waals surface area contributed by atoms with Gasteiger partial charge in [-0.3, -0.25) is 4.79 Å². The van der Waals surface area contributed by atoms with Crippen LogP contribution >= 0.6 is 0 Å². The van der Waals surface area contributed by atoms with Crippen LogP contribution in [0.4, 0.5) is 0 Å². The minimum atomic E-state index is -0.118. The Morgan fingerprint density at radius 1 is 1.40 bits per heavy atom. The summed E-state index contributed by atoms with van der Waals surface area (Å²) in [6.07, 6.45) is 1.47. The number of fused-ring (bicyclic) bond motifs is 1. The number of carbonyl (C=O) groups excluding carboxylic acids is 1. The van der Waals surface area contributed by atoms with E-state index in [-0.39, 0.29) is 18.2 Å². The second-order valence-electron chi connectivity index (χ2n) is 4.03. The minimum absolute atomic E-state index is 0.118. The Morgan fingerprint density at radius 3 is 2.93 bits per heavy atom. The zero-order chi connectivity index (χ0) is 10.4. The van der Waals surface area contributed by atoms with Gasteiger partial charge in [-0.15, -0.1) is 0 Å². The number of hydrogen-bond acceptors (Lipinski definition) is 3. The van der Waals surface area contributed by atoms with Crippen LogP contribution in [0.3, 0.4) is 0 Å². The number of Topliss-reactive ketones (excluding diaryl/α,β-unsaturated/α-hetero) is 1. The lowest BCUT2D eigenvalue weighted by atomic mass is 10.1. The summed E-state index contributed by atoms with van der Waals surface area (Å²) in [6.45, 7) is 1.97. The van der Waals surface area contributed by atoms with Crippen molar-refractivity contribution in [2.45, 2.75) is 32.2 Å². The van der Waals surface area contributed by atoms with Crippen molar-refractivity contribution in [1.82, 2.24) is 0 Å². The summed E-state index contributed by atoms with van der Waals surface area (Å²) >= 11 is 0. The summed E-state index contributed by atoms with van der Waals surface area (Å²) in [4.78, 5) is 11.5. The van der Waals surface area contributed by atoms with Gasteiger partial charge in [-0.05, 0) is 19.4 Å². The highest BCUT2D eigenvalue weighted by Crippen LogP contribution is 2.34. The molecule has 3 heteroatoms.